The number of nitrogens with zero attached hydrogens (tertiary/aromatic N) is 2. The molecule has 0 aliphatic heterocycles. The van der Waals surface area contributed by atoms with E-state index < -0.39 is 0 Å². The smallest absolute Gasteiger partial charge is 0.0944 e. The number of aromatic nitrogens is 2. The van der Waals surface area contributed by atoms with Gasteiger partial charge in [0.05, 0.1) is 16.9 Å². The van der Waals surface area contributed by atoms with Crippen molar-refractivity contribution in [1.82, 2.24) is 9.97 Å². The van der Waals surface area contributed by atoms with E-state index in [2.05, 4.69) is 17.1 Å². The van der Waals surface area contributed by atoms with Crippen molar-refractivity contribution in [3.8, 4) is 11.3 Å². The molecule has 3 nitrogen and oxygen atoms in total. The average molecular weight is 372 g/mol. The van der Waals surface area contributed by atoms with Crippen LogP contribution in [0.25, 0.3) is 28.2 Å². The van der Waals surface area contributed by atoms with Crippen LogP contribution in [0.3, 0.4) is 0 Å². The number of nitrogen functional groups attached to an aromatic ring is 1. The Morgan fingerprint density at radius 3 is 2.70 bits per heavy atom. The Labute approximate surface area is 163 Å². The Morgan fingerprint density at radius 2 is 1.89 bits per heavy atom. The molecule has 0 amide bonds. The van der Waals surface area contributed by atoms with Gasteiger partial charge in [0, 0.05) is 28.4 Å². The number of halogens is 1. The second-order valence-electron chi connectivity index (χ2n) is 6.31. The number of anilines is 1. The van der Waals surface area contributed by atoms with Crippen molar-refractivity contribution in [1.29, 1.82) is 0 Å². The summed E-state index contributed by atoms with van der Waals surface area (Å²) < 4.78 is 0. The van der Waals surface area contributed by atoms with Crippen LogP contribution < -0.4 is 5.73 Å². The Balaban J connectivity index is 1.65. The van der Waals surface area contributed by atoms with Gasteiger partial charge in [-0.1, -0.05) is 54.1 Å². The van der Waals surface area contributed by atoms with Crippen LogP contribution in [0.5, 0.6) is 0 Å². The summed E-state index contributed by atoms with van der Waals surface area (Å²) in [7, 11) is 0. The van der Waals surface area contributed by atoms with Gasteiger partial charge in [-0.15, -0.1) is 0 Å². The molecule has 0 radical (unpaired) electrons. The van der Waals surface area contributed by atoms with Crippen molar-refractivity contribution in [2.75, 3.05) is 5.73 Å². The number of hydrogen-bond acceptors (Lipinski definition) is 3. The van der Waals surface area contributed by atoms with Gasteiger partial charge in [0.1, 0.15) is 0 Å². The fourth-order valence-corrected chi connectivity index (χ4v) is 3.25. The van der Waals surface area contributed by atoms with Gasteiger partial charge in [0.25, 0.3) is 0 Å². The van der Waals surface area contributed by atoms with Crippen molar-refractivity contribution in [2.45, 2.75) is 6.42 Å². The number of hydrogen-bond donors (Lipinski definition) is 1. The number of fused-ring (bicyclic) bond motifs is 1. The molecule has 2 aromatic heterocycles. The Bertz CT molecular complexity index is 1120. The van der Waals surface area contributed by atoms with Gasteiger partial charge in [-0.05, 0) is 47.9 Å². The summed E-state index contributed by atoms with van der Waals surface area (Å²) in [5.41, 5.74) is 11.9. The molecule has 0 unspecified atom stereocenters. The molecular formula is C23H18ClN3. The summed E-state index contributed by atoms with van der Waals surface area (Å²) >= 11 is 6.04. The molecule has 2 N–H and O–H groups in total. The Kier molecular flexibility index (Phi) is 4.86. The number of pyridine rings is 2. The highest BCUT2D eigenvalue weighted by Gasteiger charge is 2.07. The van der Waals surface area contributed by atoms with Crippen molar-refractivity contribution < 1.29 is 0 Å². The van der Waals surface area contributed by atoms with E-state index in [1.165, 1.54) is 0 Å². The summed E-state index contributed by atoms with van der Waals surface area (Å²) in [6, 6.07) is 19.9. The van der Waals surface area contributed by atoms with E-state index in [4.69, 9.17) is 22.3 Å². The minimum Gasteiger partial charge on any atom is -0.396 e. The maximum atomic E-state index is 6.42. The molecular weight excluding hydrogens is 354 g/mol. The van der Waals surface area contributed by atoms with E-state index in [1.807, 2.05) is 60.7 Å². The SMILES string of the molecule is Nc1c(/C=C\Cc2cccc(Cl)c2)ccc2ccc(-c3cccnc3)nc12. The molecule has 0 spiro atoms. The van der Waals surface area contributed by atoms with E-state index in [9.17, 15) is 0 Å². The van der Waals surface area contributed by atoms with Crippen molar-refractivity contribution in [2.24, 2.45) is 0 Å². The first-order chi connectivity index (χ1) is 13.2. The second kappa shape index (κ2) is 7.60. The standard InChI is InChI=1S/C23H18ClN3/c24-20-8-2-5-16(14-20)4-1-6-17-9-10-18-11-12-21(27-23(18)22(17)25)19-7-3-13-26-15-19/h1-3,5-15H,4,25H2/b6-1-. The zero-order chi connectivity index (χ0) is 18.6. The van der Waals surface area contributed by atoms with Crippen LogP contribution in [0.4, 0.5) is 5.69 Å². The molecule has 4 rings (SSSR count). The largest absolute Gasteiger partial charge is 0.396 e. The lowest BCUT2D eigenvalue weighted by atomic mass is 10.1. The zero-order valence-corrected chi connectivity index (χ0v) is 15.4. The second-order valence-corrected chi connectivity index (χ2v) is 6.75. The molecule has 2 heterocycles. The molecule has 0 aliphatic carbocycles. The molecule has 0 atom stereocenters. The third-order valence-electron chi connectivity index (χ3n) is 4.43. The molecule has 4 aromatic rings. The molecule has 132 valence electrons. The van der Waals surface area contributed by atoms with E-state index in [0.29, 0.717) is 5.69 Å². The quantitative estimate of drug-likeness (QED) is 0.462. The minimum atomic E-state index is 0.681. The molecule has 2 aromatic carbocycles. The number of rotatable bonds is 4. The first kappa shape index (κ1) is 17.3. The van der Waals surface area contributed by atoms with Crippen LogP contribution in [0.15, 0.2) is 79.1 Å². The zero-order valence-electron chi connectivity index (χ0n) is 14.6. The molecule has 0 saturated carbocycles. The van der Waals surface area contributed by atoms with E-state index in [0.717, 1.165) is 44.7 Å². The lowest BCUT2D eigenvalue weighted by Crippen LogP contribution is -1.95. The normalized spacial score (nSPS) is 11.3. The lowest BCUT2D eigenvalue weighted by molar-refractivity contribution is 1.28. The summed E-state index contributed by atoms with van der Waals surface area (Å²) in [6.45, 7) is 0. The number of nitrogens with two attached hydrogens (primary N) is 1. The highest BCUT2D eigenvalue weighted by atomic mass is 35.5. The van der Waals surface area contributed by atoms with Crippen molar-refractivity contribution in [3.63, 3.8) is 0 Å². The van der Waals surface area contributed by atoms with E-state index in [1.54, 1.807) is 12.4 Å². The predicted molar refractivity (Wildman–Crippen MR) is 114 cm³/mol. The fraction of sp³-hybridized carbons (Fsp3) is 0.0435. The van der Waals surface area contributed by atoms with Crippen LogP contribution in [-0.2, 0) is 6.42 Å². The summed E-state index contributed by atoms with van der Waals surface area (Å²) in [5.74, 6) is 0. The topological polar surface area (TPSA) is 51.8 Å². The maximum absolute atomic E-state index is 6.42. The van der Waals surface area contributed by atoms with Gasteiger partial charge in [-0.25, -0.2) is 4.98 Å². The first-order valence-electron chi connectivity index (χ1n) is 8.71. The molecule has 0 bridgehead atoms. The molecule has 4 heteroatoms. The summed E-state index contributed by atoms with van der Waals surface area (Å²) in [5, 5.41) is 1.77. The van der Waals surface area contributed by atoms with Gasteiger partial charge >= 0.3 is 0 Å². The first-order valence-corrected chi connectivity index (χ1v) is 9.09. The highest BCUT2D eigenvalue weighted by molar-refractivity contribution is 6.30. The van der Waals surface area contributed by atoms with Gasteiger partial charge in [0.15, 0.2) is 0 Å². The van der Waals surface area contributed by atoms with E-state index in [-0.39, 0.29) is 0 Å². The molecule has 0 aliphatic rings. The number of allylic oxidation sites excluding steroid dienone is 1. The molecule has 27 heavy (non-hydrogen) atoms. The molecule has 0 fully saturated rings. The van der Waals surface area contributed by atoms with Gasteiger partial charge in [0.2, 0.25) is 0 Å². The average Bonchev–Trinajstić information content (AvgIpc) is 2.70. The highest BCUT2D eigenvalue weighted by Crippen LogP contribution is 2.27. The van der Waals surface area contributed by atoms with Crippen LogP contribution in [0.2, 0.25) is 5.02 Å². The van der Waals surface area contributed by atoms with Gasteiger partial charge < -0.3 is 5.73 Å². The van der Waals surface area contributed by atoms with Gasteiger partial charge in [-0.3, -0.25) is 4.98 Å². The lowest BCUT2D eigenvalue weighted by Gasteiger charge is -2.08. The predicted octanol–water partition coefficient (Wildman–Crippen LogP) is 5.79. The van der Waals surface area contributed by atoms with Crippen LogP contribution >= 0.6 is 11.6 Å². The maximum Gasteiger partial charge on any atom is 0.0944 e. The summed E-state index contributed by atoms with van der Waals surface area (Å²) in [6.07, 6.45) is 8.48. The van der Waals surface area contributed by atoms with Crippen LogP contribution in [0.1, 0.15) is 11.1 Å². The number of benzene rings is 2. The Hall–Kier alpha value is -3.17. The molecule has 0 saturated heterocycles. The summed E-state index contributed by atoms with van der Waals surface area (Å²) in [4.78, 5) is 8.93. The Morgan fingerprint density at radius 1 is 1.00 bits per heavy atom. The third-order valence-corrected chi connectivity index (χ3v) is 4.67. The van der Waals surface area contributed by atoms with E-state index >= 15 is 0 Å². The van der Waals surface area contributed by atoms with Crippen molar-refractivity contribution >= 4 is 34.3 Å². The fourth-order valence-electron chi connectivity index (χ4n) is 3.03. The third kappa shape index (κ3) is 3.83. The minimum absolute atomic E-state index is 0.681. The van der Waals surface area contributed by atoms with Crippen molar-refractivity contribution in [3.05, 3.63) is 95.3 Å². The van der Waals surface area contributed by atoms with Gasteiger partial charge in [-0.2, -0.15) is 0 Å². The monoisotopic (exact) mass is 371 g/mol. The van der Waals surface area contributed by atoms with Crippen LogP contribution in [-0.4, -0.2) is 9.97 Å². The van der Waals surface area contributed by atoms with Crippen LogP contribution in [0, 0.1) is 0 Å².